The molecule has 0 saturated carbocycles. The summed E-state index contributed by atoms with van der Waals surface area (Å²) < 4.78 is 40.8. The number of hydrogen-bond acceptors (Lipinski definition) is 4. The lowest BCUT2D eigenvalue weighted by Gasteiger charge is -2.17. The van der Waals surface area contributed by atoms with E-state index in [9.17, 15) is 22.8 Å². The summed E-state index contributed by atoms with van der Waals surface area (Å²) in [5.74, 6) is -1.42. The third kappa shape index (κ3) is 7.16. The molecule has 0 aliphatic rings. The maximum Gasteiger partial charge on any atom is 0.422 e. The number of pyridine rings is 1. The molecule has 2 N–H and O–H groups in total. The Morgan fingerprint density at radius 3 is 2.48 bits per heavy atom. The fourth-order valence-electron chi connectivity index (χ4n) is 1.62. The molecule has 10 heteroatoms. The number of alkyl halides is 3. The number of amides is 2. The van der Waals surface area contributed by atoms with Crippen LogP contribution < -0.4 is 15.4 Å². The Hall–Kier alpha value is -2.03. The minimum absolute atomic E-state index is 0.00690. The Balaban J connectivity index is 2.70. The van der Waals surface area contributed by atoms with Gasteiger partial charge in [-0.15, -0.1) is 0 Å². The molecule has 140 valence electrons. The number of hydrogen-bond donors (Lipinski definition) is 2. The van der Waals surface area contributed by atoms with Crippen molar-refractivity contribution < 1.29 is 27.5 Å². The number of ether oxygens (including phenoxy) is 1. The highest BCUT2D eigenvalue weighted by Crippen LogP contribution is 2.25. The normalized spacial score (nSPS) is 13.7. The highest BCUT2D eigenvalue weighted by Gasteiger charge is 2.29. The van der Waals surface area contributed by atoms with Crippen molar-refractivity contribution in [3.63, 3.8) is 0 Å². The van der Waals surface area contributed by atoms with E-state index in [2.05, 4.69) is 20.4 Å². The molecule has 1 heterocycles. The molecule has 1 rings (SSSR count). The molecule has 0 saturated heterocycles. The molecular weight excluding hydrogens is 363 g/mol. The third-order valence-electron chi connectivity index (χ3n) is 3.18. The fourth-order valence-corrected chi connectivity index (χ4v) is 1.84. The number of halogens is 4. The highest BCUT2D eigenvalue weighted by atomic mass is 35.5. The summed E-state index contributed by atoms with van der Waals surface area (Å²) in [4.78, 5) is 27.6. The number of aromatic nitrogens is 1. The van der Waals surface area contributed by atoms with Gasteiger partial charge in [0, 0.05) is 12.2 Å². The Kier molecular flexibility index (Phi) is 7.47. The first-order valence-corrected chi connectivity index (χ1v) is 7.87. The van der Waals surface area contributed by atoms with Crippen LogP contribution in [-0.2, 0) is 4.79 Å². The summed E-state index contributed by atoms with van der Waals surface area (Å²) in [6.07, 6.45) is -2.77. The second-order valence-electron chi connectivity index (χ2n) is 5.43. The standard InChI is InChI=1S/C15H19ClF3N3O3/c1-4-8(2)21-12(23)9(3)22-13(24)10-5-11(16)14(20-6-10)25-7-15(17,18)19/h5-6,8-9H,4,7H2,1-3H3,(H,21,23)(H,22,24). The van der Waals surface area contributed by atoms with E-state index in [1.54, 1.807) is 0 Å². The van der Waals surface area contributed by atoms with Gasteiger partial charge in [0.15, 0.2) is 6.61 Å². The van der Waals surface area contributed by atoms with Gasteiger partial charge in [0.25, 0.3) is 5.91 Å². The number of nitrogens with one attached hydrogen (secondary N) is 2. The average molecular weight is 382 g/mol. The summed E-state index contributed by atoms with van der Waals surface area (Å²) in [6, 6.07) is 0.281. The Bertz CT molecular complexity index is 626. The van der Waals surface area contributed by atoms with Gasteiger partial charge in [-0.2, -0.15) is 13.2 Å². The molecule has 0 aliphatic heterocycles. The van der Waals surface area contributed by atoms with Gasteiger partial charge in [-0.05, 0) is 26.3 Å². The number of rotatable bonds is 7. The van der Waals surface area contributed by atoms with Crippen molar-refractivity contribution in [3.05, 3.63) is 22.8 Å². The quantitative estimate of drug-likeness (QED) is 0.761. The molecule has 0 aliphatic carbocycles. The first-order valence-electron chi connectivity index (χ1n) is 7.49. The van der Waals surface area contributed by atoms with E-state index in [1.807, 2.05) is 13.8 Å². The second-order valence-corrected chi connectivity index (χ2v) is 5.84. The Morgan fingerprint density at radius 1 is 1.32 bits per heavy atom. The zero-order valence-corrected chi connectivity index (χ0v) is 14.7. The molecule has 2 atom stereocenters. The van der Waals surface area contributed by atoms with Crippen molar-refractivity contribution in [3.8, 4) is 5.88 Å². The minimum Gasteiger partial charge on any atom is -0.467 e. The Labute approximate surface area is 148 Å². The van der Waals surface area contributed by atoms with Gasteiger partial charge >= 0.3 is 6.18 Å². The molecule has 0 fully saturated rings. The molecule has 0 bridgehead atoms. The Morgan fingerprint density at radius 2 is 1.96 bits per heavy atom. The van der Waals surface area contributed by atoms with Crippen molar-refractivity contribution in [2.24, 2.45) is 0 Å². The van der Waals surface area contributed by atoms with Crippen LogP contribution in [0, 0.1) is 0 Å². The van der Waals surface area contributed by atoms with Crippen LogP contribution in [0.25, 0.3) is 0 Å². The molecule has 0 aromatic carbocycles. The van der Waals surface area contributed by atoms with E-state index in [0.717, 1.165) is 18.7 Å². The first kappa shape index (κ1) is 21.0. The zero-order chi connectivity index (χ0) is 19.2. The third-order valence-corrected chi connectivity index (χ3v) is 3.45. The van der Waals surface area contributed by atoms with Crippen molar-refractivity contribution in [2.45, 2.75) is 45.5 Å². The van der Waals surface area contributed by atoms with Crippen LogP contribution in [0.1, 0.15) is 37.6 Å². The van der Waals surface area contributed by atoms with E-state index in [-0.39, 0.29) is 22.5 Å². The lowest BCUT2D eigenvalue weighted by Crippen LogP contribution is -2.47. The van der Waals surface area contributed by atoms with E-state index >= 15 is 0 Å². The smallest absolute Gasteiger partial charge is 0.422 e. The monoisotopic (exact) mass is 381 g/mol. The molecule has 1 aromatic heterocycles. The molecule has 2 unspecified atom stereocenters. The molecule has 0 spiro atoms. The van der Waals surface area contributed by atoms with Crippen molar-refractivity contribution in [1.82, 2.24) is 15.6 Å². The molecule has 25 heavy (non-hydrogen) atoms. The molecule has 0 radical (unpaired) electrons. The summed E-state index contributed by atoms with van der Waals surface area (Å²) in [6.45, 7) is 3.70. The van der Waals surface area contributed by atoms with Gasteiger partial charge in [0.1, 0.15) is 11.1 Å². The minimum atomic E-state index is -4.53. The van der Waals surface area contributed by atoms with Crippen LogP contribution in [0.15, 0.2) is 12.3 Å². The molecule has 2 amide bonds. The van der Waals surface area contributed by atoms with Crippen molar-refractivity contribution in [2.75, 3.05) is 6.61 Å². The van der Waals surface area contributed by atoms with E-state index in [1.165, 1.54) is 6.92 Å². The van der Waals surface area contributed by atoms with Gasteiger partial charge in [-0.3, -0.25) is 9.59 Å². The fraction of sp³-hybridized carbons (Fsp3) is 0.533. The van der Waals surface area contributed by atoms with Gasteiger partial charge < -0.3 is 15.4 Å². The number of carbonyl (C=O) groups excluding carboxylic acids is 2. The summed E-state index contributed by atoms with van der Waals surface area (Å²) in [7, 11) is 0. The van der Waals surface area contributed by atoms with Crippen LogP contribution >= 0.6 is 11.6 Å². The lowest BCUT2D eigenvalue weighted by molar-refractivity contribution is -0.154. The summed E-state index contributed by atoms with van der Waals surface area (Å²) in [5.41, 5.74) is -0.00690. The SMILES string of the molecule is CCC(C)NC(=O)C(C)NC(=O)c1cnc(OCC(F)(F)F)c(Cl)c1. The second kappa shape index (κ2) is 8.89. The highest BCUT2D eigenvalue weighted by molar-refractivity contribution is 6.32. The molecular formula is C15H19ClF3N3O3. The largest absolute Gasteiger partial charge is 0.467 e. The van der Waals surface area contributed by atoms with Gasteiger partial charge in [0.2, 0.25) is 11.8 Å². The predicted octanol–water partition coefficient (Wildman–Crippen LogP) is 2.71. The van der Waals surface area contributed by atoms with Crippen molar-refractivity contribution in [1.29, 1.82) is 0 Å². The van der Waals surface area contributed by atoms with E-state index in [0.29, 0.717) is 0 Å². The summed E-state index contributed by atoms with van der Waals surface area (Å²) >= 11 is 5.77. The molecule has 1 aromatic rings. The first-order chi connectivity index (χ1) is 11.5. The summed E-state index contributed by atoms with van der Waals surface area (Å²) in [5, 5.41) is 4.93. The van der Waals surface area contributed by atoms with Crippen LogP contribution in [0.2, 0.25) is 5.02 Å². The topological polar surface area (TPSA) is 80.3 Å². The van der Waals surface area contributed by atoms with Crippen LogP contribution in [0.4, 0.5) is 13.2 Å². The van der Waals surface area contributed by atoms with E-state index in [4.69, 9.17) is 11.6 Å². The maximum absolute atomic E-state index is 12.1. The number of carbonyl (C=O) groups is 2. The van der Waals surface area contributed by atoms with Crippen LogP contribution in [0.5, 0.6) is 5.88 Å². The van der Waals surface area contributed by atoms with Gasteiger partial charge in [-0.25, -0.2) is 4.98 Å². The number of nitrogens with zero attached hydrogens (tertiary/aromatic N) is 1. The lowest BCUT2D eigenvalue weighted by atomic mass is 10.2. The maximum atomic E-state index is 12.1. The van der Waals surface area contributed by atoms with Crippen LogP contribution in [-0.4, -0.2) is 41.7 Å². The predicted molar refractivity (Wildman–Crippen MR) is 85.6 cm³/mol. The zero-order valence-electron chi connectivity index (χ0n) is 13.9. The van der Waals surface area contributed by atoms with Crippen molar-refractivity contribution >= 4 is 23.4 Å². The molecule has 6 nitrogen and oxygen atoms in total. The average Bonchev–Trinajstić information content (AvgIpc) is 2.52. The van der Waals surface area contributed by atoms with Gasteiger partial charge in [-0.1, -0.05) is 18.5 Å². The van der Waals surface area contributed by atoms with Crippen LogP contribution in [0.3, 0.4) is 0 Å². The van der Waals surface area contributed by atoms with Gasteiger partial charge in [0.05, 0.1) is 5.56 Å². The van der Waals surface area contributed by atoms with E-state index < -0.39 is 30.6 Å².